The number of ether oxygens (including phenoxy) is 1. The van der Waals surface area contributed by atoms with Gasteiger partial charge in [-0.3, -0.25) is 4.79 Å². The minimum atomic E-state index is -0.357. The lowest BCUT2D eigenvalue weighted by atomic mass is 10.2. The van der Waals surface area contributed by atoms with Gasteiger partial charge in [-0.2, -0.15) is 11.8 Å². The van der Waals surface area contributed by atoms with Gasteiger partial charge in [-0.15, -0.1) is 10.2 Å². The number of aromatic nitrogens is 2. The van der Waals surface area contributed by atoms with Crippen molar-refractivity contribution >= 4 is 23.4 Å². The van der Waals surface area contributed by atoms with Crippen molar-refractivity contribution in [3.63, 3.8) is 0 Å². The van der Waals surface area contributed by atoms with E-state index in [-0.39, 0.29) is 11.7 Å². The molecule has 0 aliphatic heterocycles. The molecule has 1 aromatic carbocycles. The number of furan rings is 1. The van der Waals surface area contributed by atoms with Gasteiger partial charge in [-0.25, -0.2) is 0 Å². The SMILES string of the molecule is COc1ccc(-c2nnc(C)o2)cc1NC(=O)c1ccc(CSC)o1. The molecule has 130 valence electrons. The number of thioether (sulfide) groups is 1. The molecule has 2 heterocycles. The largest absolute Gasteiger partial charge is 0.495 e. The molecule has 0 bridgehead atoms. The van der Waals surface area contributed by atoms with Crippen LogP contribution < -0.4 is 10.1 Å². The fourth-order valence-corrected chi connectivity index (χ4v) is 2.70. The average Bonchev–Trinajstić information content (AvgIpc) is 3.24. The van der Waals surface area contributed by atoms with E-state index in [9.17, 15) is 4.79 Å². The van der Waals surface area contributed by atoms with Gasteiger partial charge in [0.1, 0.15) is 11.5 Å². The lowest BCUT2D eigenvalue weighted by Gasteiger charge is -2.10. The molecule has 2 aromatic heterocycles. The molecule has 1 N–H and O–H groups in total. The lowest BCUT2D eigenvalue weighted by molar-refractivity contribution is 0.0995. The van der Waals surface area contributed by atoms with Gasteiger partial charge in [0.2, 0.25) is 11.8 Å². The van der Waals surface area contributed by atoms with E-state index < -0.39 is 0 Å². The summed E-state index contributed by atoms with van der Waals surface area (Å²) in [5.41, 5.74) is 1.17. The van der Waals surface area contributed by atoms with E-state index in [4.69, 9.17) is 13.6 Å². The highest BCUT2D eigenvalue weighted by atomic mass is 32.2. The number of methoxy groups -OCH3 is 1. The fourth-order valence-electron chi connectivity index (χ4n) is 2.26. The summed E-state index contributed by atoms with van der Waals surface area (Å²) in [5.74, 6) is 2.70. The Kier molecular flexibility index (Phi) is 5.08. The Hall–Kier alpha value is -2.74. The topological polar surface area (TPSA) is 90.4 Å². The van der Waals surface area contributed by atoms with Crippen LogP contribution in [0.2, 0.25) is 0 Å². The van der Waals surface area contributed by atoms with E-state index >= 15 is 0 Å². The molecule has 0 radical (unpaired) electrons. The van der Waals surface area contributed by atoms with Crippen LogP contribution in [0, 0.1) is 6.92 Å². The maximum atomic E-state index is 12.4. The van der Waals surface area contributed by atoms with Gasteiger partial charge in [0.25, 0.3) is 5.91 Å². The summed E-state index contributed by atoms with van der Waals surface area (Å²) in [4.78, 5) is 12.4. The van der Waals surface area contributed by atoms with Crippen molar-refractivity contribution < 1.29 is 18.4 Å². The molecule has 0 saturated carbocycles. The third-order valence-electron chi connectivity index (χ3n) is 3.39. The molecule has 7 nitrogen and oxygen atoms in total. The molecule has 1 amide bonds. The zero-order valence-electron chi connectivity index (χ0n) is 14.0. The van der Waals surface area contributed by atoms with Crippen LogP contribution in [0.1, 0.15) is 22.2 Å². The second-order valence-electron chi connectivity index (χ2n) is 5.19. The normalized spacial score (nSPS) is 10.7. The van der Waals surface area contributed by atoms with E-state index in [1.165, 1.54) is 7.11 Å². The Labute approximate surface area is 148 Å². The van der Waals surface area contributed by atoms with E-state index in [1.54, 1.807) is 49.0 Å². The minimum absolute atomic E-state index is 0.241. The number of amides is 1. The standard InChI is InChI=1S/C17H17N3O4S/c1-10-19-20-17(23-10)11-4-6-14(22-2)13(8-11)18-16(21)15-7-5-12(24-15)9-25-3/h4-8H,9H2,1-3H3,(H,18,21). The number of aryl methyl sites for hydroxylation is 1. The van der Waals surface area contributed by atoms with Gasteiger partial charge in [0.05, 0.1) is 18.6 Å². The minimum Gasteiger partial charge on any atom is -0.495 e. The van der Waals surface area contributed by atoms with Gasteiger partial charge < -0.3 is 18.9 Å². The molecule has 0 fully saturated rings. The Morgan fingerprint density at radius 1 is 1.24 bits per heavy atom. The molecule has 25 heavy (non-hydrogen) atoms. The predicted molar refractivity (Wildman–Crippen MR) is 94.9 cm³/mol. The van der Waals surface area contributed by atoms with Crippen LogP contribution in [-0.4, -0.2) is 29.5 Å². The summed E-state index contributed by atoms with van der Waals surface area (Å²) in [5, 5.41) is 10.6. The molecule has 3 rings (SSSR count). The average molecular weight is 359 g/mol. The number of hydrogen-bond donors (Lipinski definition) is 1. The Balaban J connectivity index is 1.85. The summed E-state index contributed by atoms with van der Waals surface area (Å²) in [7, 11) is 1.53. The maximum absolute atomic E-state index is 12.4. The first-order valence-corrected chi connectivity index (χ1v) is 8.87. The summed E-state index contributed by atoms with van der Waals surface area (Å²) in [6.07, 6.45) is 1.97. The summed E-state index contributed by atoms with van der Waals surface area (Å²) >= 11 is 1.62. The Morgan fingerprint density at radius 2 is 2.08 bits per heavy atom. The third-order valence-corrected chi connectivity index (χ3v) is 3.97. The first kappa shape index (κ1) is 17.1. The van der Waals surface area contributed by atoms with Crippen LogP contribution in [0.25, 0.3) is 11.5 Å². The number of benzene rings is 1. The van der Waals surface area contributed by atoms with Crippen molar-refractivity contribution in [2.24, 2.45) is 0 Å². The van der Waals surface area contributed by atoms with Crippen molar-refractivity contribution in [2.75, 3.05) is 18.7 Å². The molecule has 0 saturated heterocycles. The molecule has 0 aliphatic carbocycles. The zero-order chi connectivity index (χ0) is 17.8. The van der Waals surface area contributed by atoms with Gasteiger partial charge in [-0.05, 0) is 36.6 Å². The van der Waals surface area contributed by atoms with Gasteiger partial charge >= 0.3 is 0 Å². The van der Waals surface area contributed by atoms with Crippen LogP contribution in [0.15, 0.2) is 39.2 Å². The summed E-state index contributed by atoms with van der Waals surface area (Å²) < 4.78 is 16.3. The fraction of sp³-hybridized carbons (Fsp3) is 0.235. The van der Waals surface area contributed by atoms with Gasteiger partial charge in [0, 0.05) is 12.5 Å². The monoisotopic (exact) mass is 359 g/mol. The van der Waals surface area contributed by atoms with E-state index in [0.29, 0.717) is 34.5 Å². The highest BCUT2D eigenvalue weighted by molar-refractivity contribution is 7.97. The second kappa shape index (κ2) is 7.43. The molecule has 0 spiro atoms. The number of carbonyl (C=O) groups excluding carboxylic acids is 1. The number of rotatable bonds is 6. The first-order valence-electron chi connectivity index (χ1n) is 7.48. The van der Waals surface area contributed by atoms with Crippen LogP contribution in [0.3, 0.4) is 0 Å². The smallest absolute Gasteiger partial charge is 0.291 e. The molecule has 0 aliphatic rings. The molecular formula is C17H17N3O4S. The van der Waals surface area contributed by atoms with Crippen LogP contribution in [0.5, 0.6) is 5.75 Å². The number of carbonyl (C=O) groups is 1. The van der Waals surface area contributed by atoms with E-state index in [1.807, 2.05) is 6.26 Å². The maximum Gasteiger partial charge on any atom is 0.291 e. The molecular weight excluding hydrogens is 342 g/mol. The van der Waals surface area contributed by atoms with Crippen molar-refractivity contribution in [1.29, 1.82) is 0 Å². The van der Waals surface area contributed by atoms with Crippen molar-refractivity contribution in [3.8, 4) is 17.2 Å². The van der Waals surface area contributed by atoms with E-state index in [0.717, 1.165) is 5.76 Å². The number of hydrogen-bond acceptors (Lipinski definition) is 7. The highest BCUT2D eigenvalue weighted by Gasteiger charge is 2.16. The summed E-state index contributed by atoms with van der Waals surface area (Å²) in [6, 6.07) is 8.67. The molecule has 0 unspecified atom stereocenters. The van der Waals surface area contributed by atoms with Gasteiger partial charge in [0.15, 0.2) is 5.76 Å². The van der Waals surface area contributed by atoms with Crippen molar-refractivity contribution in [3.05, 3.63) is 47.7 Å². The van der Waals surface area contributed by atoms with Crippen molar-refractivity contribution in [1.82, 2.24) is 10.2 Å². The van der Waals surface area contributed by atoms with E-state index in [2.05, 4.69) is 15.5 Å². The summed E-state index contributed by atoms with van der Waals surface area (Å²) in [6.45, 7) is 1.71. The molecule has 0 atom stereocenters. The highest BCUT2D eigenvalue weighted by Crippen LogP contribution is 2.30. The number of anilines is 1. The second-order valence-corrected chi connectivity index (χ2v) is 6.06. The van der Waals surface area contributed by atoms with Crippen LogP contribution in [0.4, 0.5) is 5.69 Å². The molecule has 8 heteroatoms. The Morgan fingerprint density at radius 3 is 2.76 bits per heavy atom. The number of nitrogens with one attached hydrogen (secondary N) is 1. The van der Waals surface area contributed by atoms with Crippen LogP contribution >= 0.6 is 11.8 Å². The molecule has 3 aromatic rings. The first-order chi connectivity index (χ1) is 12.1. The van der Waals surface area contributed by atoms with Crippen LogP contribution in [-0.2, 0) is 5.75 Å². The zero-order valence-corrected chi connectivity index (χ0v) is 14.8. The number of nitrogens with zero attached hydrogens (tertiary/aromatic N) is 2. The quantitative estimate of drug-likeness (QED) is 0.716. The lowest BCUT2D eigenvalue weighted by Crippen LogP contribution is -2.11. The predicted octanol–water partition coefficient (Wildman–Crippen LogP) is 3.76. The van der Waals surface area contributed by atoms with Gasteiger partial charge in [-0.1, -0.05) is 0 Å². The van der Waals surface area contributed by atoms with Crippen molar-refractivity contribution in [2.45, 2.75) is 12.7 Å². The third kappa shape index (κ3) is 3.85. The Bertz CT molecular complexity index is 888.